The van der Waals surface area contributed by atoms with Crippen LogP contribution in [-0.4, -0.2) is 72.0 Å². The van der Waals surface area contributed by atoms with E-state index in [0.29, 0.717) is 38.0 Å². The third-order valence-corrected chi connectivity index (χ3v) is 4.90. The summed E-state index contributed by atoms with van der Waals surface area (Å²) < 4.78 is 0. The highest BCUT2D eigenvalue weighted by Gasteiger charge is 2.28. The van der Waals surface area contributed by atoms with E-state index in [0.717, 1.165) is 0 Å². The van der Waals surface area contributed by atoms with Crippen molar-refractivity contribution in [3.8, 4) is 0 Å². The number of carboxylic acid groups (broad SMARTS) is 1. The minimum Gasteiger partial charge on any atom is -0.480 e. The fraction of sp³-hybridized carbons (Fsp3) is 0.778. The van der Waals surface area contributed by atoms with Gasteiger partial charge in [-0.25, -0.2) is 0 Å². The standard InChI is InChI=1S/C18H35N5O5S/c1-11(2)15(20)18(28)23-13(7-9-29-3)17(27)22-12(6-4-5-8-19)16(26)21-10-14(24)25/h11-13,15H,4-10,19-20H2,1-3H3,(H,21,26)(H,22,27)(H,23,28)(H,24,25). The number of hydrogen-bond acceptors (Lipinski definition) is 7. The number of rotatable bonds is 15. The highest BCUT2D eigenvalue weighted by Crippen LogP contribution is 2.06. The number of unbranched alkanes of at least 4 members (excludes halogenated alkanes) is 1. The second kappa shape index (κ2) is 15.1. The first-order valence-corrected chi connectivity index (χ1v) is 11.1. The molecule has 0 heterocycles. The van der Waals surface area contributed by atoms with Gasteiger partial charge in [0.25, 0.3) is 0 Å². The Morgan fingerprint density at radius 2 is 1.55 bits per heavy atom. The van der Waals surface area contributed by atoms with Crippen LogP contribution in [0.3, 0.4) is 0 Å². The number of carbonyl (C=O) groups excluding carboxylic acids is 3. The van der Waals surface area contributed by atoms with Crippen molar-refractivity contribution in [3.63, 3.8) is 0 Å². The molecule has 0 bridgehead atoms. The molecular weight excluding hydrogens is 398 g/mol. The SMILES string of the molecule is CSCCC(NC(=O)C(N)C(C)C)C(=O)NC(CCCCN)C(=O)NCC(=O)O. The number of carbonyl (C=O) groups is 4. The molecule has 0 radical (unpaired) electrons. The summed E-state index contributed by atoms with van der Waals surface area (Å²) >= 11 is 1.52. The van der Waals surface area contributed by atoms with Crippen LogP contribution in [0.25, 0.3) is 0 Å². The fourth-order valence-corrected chi connectivity index (χ4v) is 2.87. The van der Waals surface area contributed by atoms with E-state index in [9.17, 15) is 19.2 Å². The minimum absolute atomic E-state index is 0.0925. The molecule has 3 atom stereocenters. The molecule has 0 aromatic heterocycles. The fourth-order valence-electron chi connectivity index (χ4n) is 2.40. The lowest BCUT2D eigenvalue weighted by atomic mass is 10.0. The van der Waals surface area contributed by atoms with Gasteiger partial charge in [0.1, 0.15) is 18.6 Å². The molecule has 3 unspecified atom stereocenters. The van der Waals surface area contributed by atoms with Crippen LogP contribution in [0, 0.1) is 5.92 Å². The van der Waals surface area contributed by atoms with Gasteiger partial charge in [-0.15, -0.1) is 0 Å². The van der Waals surface area contributed by atoms with Gasteiger partial charge in [0, 0.05) is 0 Å². The van der Waals surface area contributed by atoms with Crippen molar-refractivity contribution >= 4 is 35.5 Å². The van der Waals surface area contributed by atoms with Crippen LogP contribution in [-0.2, 0) is 19.2 Å². The van der Waals surface area contributed by atoms with E-state index in [2.05, 4.69) is 16.0 Å². The van der Waals surface area contributed by atoms with Crippen molar-refractivity contribution in [2.24, 2.45) is 17.4 Å². The Morgan fingerprint density at radius 3 is 2.07 bits per heavy atom. The van der Waals surface area contributed by atoms with Gasteiger partial charge in [0.15, 0.2) is 0 Å². The van der Waals surface area contributed by atoms with Crippen molar-refractivity contribution in [2.45, 2.75) is 57.7 Å². The first-order chi connectivity index (χ1) is 13.6. The maximum atomic E-state index is 12.8. The number of nitrogens with one attached hydrogen (secondary N) is 3. The van der Waals surface area contributed by atoms with E-state index < -0.39 is 48.4 Å². The molecule has 29 heavy (non-hydrogen) atoms. The number of nitrogens with two attached hydrogens (primary N) is 2. The second-order valence-corrected chi connectivity index (χ2v) is 8.06. The first kappa shape index (κ1) is 27.1. The molecule has 0 rings (SSSR count). The molecule has 0 fully saturated rings. The van der Waals surface area contributed by atoms with Crippen molar-refractivity contribution in [2.75, 3.05) is 25.1 Å². The quantitative estimate of drug-likeness (QED) is 0.179. The summed E-state index contributed by atoms with van der Waals surface area (Å²) in [6.45, 7) is 3.51. The molecular formula is C18H35N5O5S. The maximum Gasteiger partial charge on any atom is 0.322 e. The summed E-state index contributed by atoms with van der Waals surface area (Å²) in [7, 11) is 0. The average Bonchev–Trinajstić information content (AvgIpc) is 2.67. The summed E-state index contributed by atoms with van der Waals surface area (Å²) in [6.07, 6.45) is 3.81. The Kier molecular flexibility index (Phi) is 14.1. The number of thioether (sulfide) groups is 1. The molecule has 0 aliphatic rings. The monoisotopic (exact) mass is 433 g/mol. The topological polar surface area (TPSA) is 177 Å². The van der Waals surface area contributed by atoms with E-state index in [1.807, 2.05) is 20.1 Å². The van der Waals surface area contributed by atoms with Crippen LogP contribution in [0.2, 0.25) is 0 Å². The molecule has 0 saturated heterocycles. The van der Waals surface area contributed by atoms with Crippen LogP contribution in [0.1, 0.15) is 39.5 Å². The Balaban J connectivity index is 5.17. The predicted octanol–water partition coefficient (Wildman–Crippen LogP) is -0.978. The van der Waals surface area contributed by atoms with E-state index in [1.165, 1.54) is 11.8 Å². The molecule has 10 nitrogen and oxygen atoms in total. The van der Waals surface area contributed by atoms with Gasteiger partial charge in [-0.1, -0.05) is 13.8 Å². The van der Waals surface area contributed by atoms with Crippen molar-refractivity contribution in [3.05, 3.63) is 0 Å². The summed E-state index contributed by atoms with van der Waals surface area (Å²) in [6, 6.07) is -2.51. The van der Waals surface area contributed by atoms with Crippen LogP contribution in [0.15, 0.2) is 0 Å². The Labute approximate surface area is 176 Å². The van der Waals surface area contributed by atoms with Crippen molar-refractivity contribution < 1.29 is 24.3 Å². The molecule has 8 N–H and O–H groups in total. The molecule has 168 valence electrons. The lowest BCUT2D eigenvalue weighted by Gasteiger charge is -2.24. The third kappa shape index (κ3) is 11.7. The van der Waals surface area contributed by atoms with Gasteiger partial charge in [-0.05, 0) is 50.2 Å². The van der Waals surface area contributed by atoms with Gasteiger partial charge in [0.05, 0.1) is 6.04 Å². The Bertz CT molecular complexity index is 547. The van der Waals surface area contributed by atoms with E-state index in [4.69, 9.17) is 16.6 Å². The summed E-state index contributed by atoms with van der Waals surface area (Å²) in [5.74, 6) is -2.18. The van der Waals surface area contributed by atoms with E-state index in [1.54, 1.807) is 0 Å². The Hall–Kier alpha value is -1.85. The number of carboxylic acids is 1. The molecule has 0 aliphatic carbocycles. The maximum absolute atomic E-state index is 12.8. The minimum atomic E-state index is -1.18. The van der Waals surface area contributed by atoms with Gasteiger partial charge in [-0.3, -0.25) is 19.2 Å². The van der Waals surface area contributed by atoms with Crippen molar-refractivity contribution in [1.29, 1.82) is 0 Å². The predicted molar refractivity (Wildman–Crippen MR) is 113 cm³/mol. The zero-order valence-corrected chi connectivity index (χ0v) is 18.2. The molecule has 0 saturated carbocycles. The molecule has 0 spiro atoms. The van der Waals surface area contributed by atoms with Gasteiger partial charge in [-0.2, -0.15) is 11.8 Å². The molecule has 0 aromatic carbocycles. The zero-order valence-electron chi connectivity index (χ0n) is 17.4. The van der Waals surface area contributed by atoms with Gasteiger partial charge in [0.2, 0.25) is 17.7 Å². The van der Waals surface area contributed by atoms with Gasteiger partial charge < -0.3 is 32.5 Å². The van der Waals surface area contributed by atoms with Crippen LogP contribution < -0.4 is 27.4 Å². The highest BCUT2D eigenvalue weighted by molar-refractivity contribution is 7.98. The second-order valence-electron chi connectivity index (χ2n) is 7.07. The summed E-state index contributed by atoms with van der Waals surface area (Å²) in [5.41, 5.74) is 11.3. The Morgan fingerprint density at radius 1 is 0.966 bits per heavy atom. The lowest BCUT2D eigenvalue weighted by Crippen LogP contribution is -2.56. The number of aliphatic carboxylic acids is 1. The third-order valence-electron chi connectivity index (χ3n) is 4.26. The van der Waals surface area contributed by atoms with Crippen LogP contribution in [0.5, 0.6) is 0 Å². The largest absolute Gasteiger partial charge is 0.480 e. The van der Waals surface area contributed by atoms with E-state index in [-0.39, 0.29) is 5.92 Å². The summed E-state index contributed by atoms with van der Waals surface area (Å²) in [5, 5.41) is 16.3. The first-order valence-electron chi connectivity index (χ1n) is 9.68. The molecule has 0 aliphatic heterocycles. The number of amides is 3. The summed E-state index contributed by atoms with van der Waals surface area (Å²) in [4.78, 5) is 48.1. The zero-order chi connectivity index (χ0) is 22.4. The molecule has 0 aromatic rings. The lowest BCUT2D eigenvalue weighted by molar-refractivity contribution is -0.138. The van der Waals surface area contributed by atoms with Crippen molar-refractivity contribution in [1.82, 2.24) is 16.0 Å². The average molecular weight is 434 g/mol. The smallest absolute Gasteiger partial charge is 0.322 e. The highest BCUT2D eigenvalue weighted by atomic mass is 32.2. The van der Waals surface area contributed by atoms with Crippen LogP contribution in [0.4, 0.5) is 0 Å². The van der Waals surface area contributed by atoms with Crippen LogP contribution >= 0.6 is 11.8 Å². The van der Waals surface area contributed by atoms with E-state index >= 15 is 0 Å². The normalized spacial score (nSPS) is 14.0. The molecule has 3 amide bonds. The molecule has 11 heteroatoms. The number of hydrogen-bond donors (Lipinski definition) is 6. The van der Waals surface area contributed by atoms with Gasteiger partial charge >= 0.3 is 5.97 Å².